The Hall–Kier alpha value is -1.00. The van der Waals surface area contributed by atoms with Crippen molar-refractivity contribution in [1.29, 1.82) is 0 Å². The predicted molar refractivity (Wildman–Crippen MR) is 72.5 cm³/mol. The minimum Gasteiger partial charge on any atom is -0.294 e. The summed E-state index contributed by atoms with van der Waals surface area (Å²) in [5, 5.41) is 0. The van der Waals surface area contributed by atoms with Crippen LogP contribution in [0.4, 0.5) is 0 Å². The average molecular weight is 308 g/mol. The second-order valence-corrected chi connectivity index (χ2v) is 6.53. The van der Waals surface area contributed by atoms with Crippen LogP contribution in [0.3, 0.4) is 0 Å². The zero-order chi connectivity index (χ0) is 11.8. The van der Waals surface area contributed by atoms with Gasteiger partial charge in [-0.15, -0.1) is 11.3 Å². The van der Waals surface area contributed by atoms with Crippen molar-refractivity contribution >= 4 is 33.0 Å². The third-order valence-electron chi connectivity index (χ3n) is 2.92. The van der Waals surface area contributed by atoms with Crippen LogP contribution in [-0.2, 0) is 6.42 Å². The van der Waals surface area contributed by atoms with Crippen LogP contribution in [0.1, 0.15) is 28.9 Å². The van der Waals surface area contributed by atoms with Gasteiger partial charge in [0.05, 0.1) is 20.1 Å². The second-order valence-electron chi connectivity index (χ2n) is 4.07. The molecular formula is C13H10BrNOS. The SMILES string of the molecule is O=C1CCCc2nc(-c3ccc(Br)s3)ccc21. The van der Waals surface area contributed by atoms with Crippen molar-refractivity contribution in [3.8, 4) is 10.6 Å². The van der Waals surface area contributed by atoms with E-state index in [4.69, 9.17) is 0 Å². The first-order valence-electron chi connectivity index (χ1n) is 5.53. The number of aromatic nitrogens is 1. The predicted octanol–water partition coefficient (Wildman–Crippen LogP) is 4.09. The molecule has 86 valence electrons. The van der Waals surface area contributed by atoms with Gasteiger partial charge in [-0.05, 0) is 53.0 Å². The lowest BCUT2D eigenvalue weighted by Crippen LogP contribution is -2.12. The summed E-state index contributed by atoms with van der Waals surface area (Å²) < 4.78 is 1.10. The zero-order valence-electron chi connectivity index (χ0n) is 9.07. The van der Waals surface area contributed by atoms with Gasteiger partial charge in [-0.1, -0.05) is 0 Å². The van der Waals surface area contributed by atoms with Gasteiger partial charge >= 0.3 is 0 Å². The maximum absolute atomic E-state index is 11.7. The summed E-state index contributed by atoms with van der Waals surface area (Å²) in [5.74, 6) is 0.234. The van der Waals surface area contributed by atoms with Crippen LogP contribution in [0.25, 0.3) is 10.6 Å². The lowest BCUT2D eigenvalue weighted by atomic mass is 9.94. The summed E-state index contributed by atoms with van der Waals surface area (Å²) in [6.45, 7) is 0. The summed E-state index contributed by atoms with van der Waals surface area (Å²) in [4.78, 5) is 17.4. The molecule has 2 aromatic rings. The monoisotopic (exact) mass is 307 g/mol. The maximum atomic E-state index is 11.7. The third-order valence-corrected chi connectivity index (χ3v) is 4.56. The largest absolute Gasteiger partial charge is 0.294 e. The van der Waals surface area contributed by atoms with Gasteiger partial charge in [-0.3, -0.25) is 9.78 Å². The first-order chi connectivity index (χ1) is 8.24. The summed E-state index contributed by atoms with van der Waals surface area (Å²) in [5.41, 5.74) is 2.74. The fourth-order valence-electron chi connectivity index (χ4n) is 2.09. The maximum Gasteiger partial charge on any atom is 0.164 e. The first kappa shape index (κ1) is 11.1. The van der Waals surface area contributed by atoms with Crippen molar-refractivity contribution in [2.75, 3.05) is 0 Å². The number of Topliss-reactive ketones (excluding diaryl/α,β-unsaturated/α-hetero) is 1. The number of nitrogens with zero attached hydrogens (tertiary/aromatic N) is 1. The highest BCUT2D eigenvalue weighted by atomic mass is 79.9. The van der Waals surface area contributed by atoms with Crippen LogP contribution in [0, 0.1) is 0 Å². The molecule has 0 saturated carbocycles. The second kappa shape index (κ2) is 4.35. The Morgan fingerprint density at radius 2 is 2.06 bits per heavy atom. The molecular weight excluding hydrogens is 298 g/mol. The molecule has 0 aromatic carbocycles. The molecule has 0 spiro atoms. The Morgan fingerprint density at radius 3 is 2.82 bits per heavy atom. The number of carbonyl (C=O) groups excluding carboxylic acids is 1. The Morgan fingerprint density at radius 1 is 1.18 bits per heavy atom. The number of aryl methyl sites for hydroxylation is 1. The number of thiophene rings is 1. The van der Waals surface area contributed by atoms with Crippen LogP contribution in [0.5, 0.6) is 0 Å². The van der Waals surface area contributed by atoms with E-state index in [1.54, 1.807) is 11.3 Å². The molecule has 2 nitrogen and oxygen atoms in total. The van der Waals surface area contributed by atoms with E-state index in [2.05, 4.69) is 20.9 Å². The number of hydrogen-bond donors (Lipinski definition) is 0. The van der Waals surface area contributed by atoms with E-state index in [1.807, 2.05) is 24.3 Å². The Kier molecular flexibility index (Phi) is 2.84. The van der Waals surface area contributed by atoms with Crippen molar-refractivity contribution < 1.29 is 4.79 Å². The lowest BCUT2D eigenvalue weighted by Gasteiger charge is -2.13. The van der Waals surface area contributed by atoms with Crippen molar-refractivity contribution in [1.82, 2.24) is 4.98 Å². The molecule has 0 saturated heterocycles. The summed E-state index contributed by atoms with van der Waals surface area (Å²) in [7, 11) is 0. The molecule has 0 radical (unpaired) electrons. The highest BCUT2D eigenvalue weighted by Crippen LogP contribution is 2.31. The van der Waals surface area contributed by atoms with Crippen molar-refractivity contribution in [3.05, 3.63) is 39.3 Å². The van der Waals surface area contributed by atoms with Crippen LogP contribution in [-0.4, -0.2) is 10.8 Å². The average Bonchev–Trinajstić information content (AvgIpc) is 2.76. The van der Waals surface area contributed by atoms with Crippen LogP contribution in [0.15, 0.2) is 28.1 Å². The third kappa shape index (κ3) is 2.07. The van der Waals surface area contributed by atoms with Crippen LogP contribution < -0.4 is 0 Å². The number of carbonyl (C=O) groups is 1. The normalized spacial score (nSPS) is 14.8. The Labute approximate surface area is 112 Å². The molecule has 2 aromatic heterocycles. The fraction of sp³-hybridized carbons (Fsp3) is 0.231. The van der Waals surface area contributed by atoms with Crippen molar-refractivity contribution in [3.63, 3.8) is 0 Å². The minimum atomic E-state index is 0.234. The molecule has 0 amide bonds. The van der Waals surface area contributed by atoms with E-state index in [-0.39, 0.29) is 5.78 Å². The smallest absolute Gasteiger partial charge is 0.164 e. The molecule has 4 heteroatoms. The van der Waals surface area contributed by atoms with Crippen LogP contribution in [0.2, 0.25) is 0 Å². The van der Waals surface area contributed by atoms with E-state index in [9.17, 15) is 4.79 Å². The summed E-state index contributed by atoms with van der Waals surface area (Å²) in [6, 6.07) is 7.94. The molecule has 2 heterocycles. The van der Waals surface area contributed by atoms with E-state index >= 15 is 0 Å². The summed E-state index contributed by atoms with van der Waals surface area (Å²) in [6.07, 6.45) is 2.51. The molecule has 0 N–H and O–H groups in total. The molecule has 17 heavy (non-hydrogen) atoms. The van der Waals surface area contributed by atoms with Crippen LogP contribution >= 0.6 is 27.3 Å². The Bertz CT molecular complexity index is 591. The molecule has 3 rings (SSSR count). The van der Waals surface area contributed by atoms with Gasteiger partial charge < -0.3 is 0 Å². The van der Waals surface area contributed by atoms with Gasteiger partial charge in [-0.2, -0.15) is 0 Å². The molecule has 1 aliphatic carbocycles. The highest BCUT2D eigenvalue weighted by molar-refractivity contribution is 9.11. The quantitative estimate of drug-likeness (QED) is 0.794. The topological polar surface area (TPSA) is 30.0 Å². The van der Waals surface area contributed by atoms with Gasteiger partial charge in [0.2, 0.25) is 0 Å². The Balaban J connectivity index is 2.06. The van der Waals surface area contributed by atoms with Gasteiger partial charge in [-0.25, -0.2) is 0 Å². The number of halogens is 1. The van der Waals surface area contributed by atoms with Crippen molar-refractivity contribution in [2.45, 2.75) is 19.3 Å². The number of hydrogen-bond acceptors (Lipinski definition) is 3. The first-order valence-corrected chi connectivity index (χ1v) is 7.14. The molecule has 0 fully saturated rings. The van der Waals surface area contributed by atoms with E-state index in [0.717, 1.165) is 38.5 Å². The number of pyridine rings is 1. The summed E-state index contributed by atoms with van der Waals surface area (Å²) >= 11 is 5.11. The van der Waals surface area contributed by atoms with Gasteiger partial charge in [0.15, 0.2) is 5.78 Å². The molecule has 1 aliphatic rings. The number of ketones is 1. The van der Waals surface area contributed by atoms with E-state index in [1.165, 1.54) is 0 Å². The highest BCUT2D eigenvalue weighted by Gasteiger charge is 2.18. The fourth-order valence-corrected chi connectivity index (χ4v) is 3.44. The van der Waals surface area contributed by atoms with Crippen molar-refractivity contribution in [2.24, 2.45) is 0 Å². The molecule has 0 bridgehead atoms. The standard InChI is InChI=1S/C13H10BrNOS/c14-13-7-6-12(17-13)10-5-4-8-9(15-10)2-1-3-11(8)16/h4-7H,1-3H2. The lowest BCUT2D eigenvalue weighted by molar-refractivity contribution is 0.0971. The molecule has 0 unspecified atom stereocenters. The van der Waals surface area contributed by atoms with E-state index in [0.29, 0.717) is 6.42 Å². The van der Waals surface area contributed by atoms with E-state index < -0.39 is 0 Å². The zero-order valence-corrected chi connectivity index (χ0v) is 11.5. The minimum absolute atomic E-state index is 0.234. The van der Waals surface area contributed by atoms with Gasteiger partial charge in [0.25, 0.3) is 0 Å². The van der Waals surface area contributed by atoms with Gasteiger partial charge in [0, 0.05) is 12.0 Å². The molecule has 0 aliphatic heterocycles. The number of rotatable bonds is 1. The molecule has 0 atom stereocenters. The van der Waals surface area contributed by atoms with Gasteiger partial charge in [0.1, 0.15) is 0 Å². The number of fused-ring (bicyclic) bond motifs is 1.